The molecule has 0 aliphatic carbocycles. The maximum Gasteiger partial charge on any atom is 0.243 e. The zero-order valence-corrected chi connectivity index (χ0v) is 19.5. The molecule has 0 spiro atoms. The third-order valence-corrected chi connectivity index (χ3v) is 7.48. The smallest absolute Gasteiger partial charge is 0.243 e. The molecular weight excluding hydrogens is 436 g/mol. The van der Waals surface area contributed by atoms with E-state index in [1.54, 1.807) is 12.1 Å². The van der Waals surface area contributed by atoms with Gasteiger partial charge in [-0.05, 0) is 62.1 Å². The molecular formula is C23H29ClN2O4S. The Hall–Kier alpha value is -1.93. The van der Waals surface area contributed by atoms with Gasteiger partial charge in [-0.1, -0.05) is 35.9 Å². The van der Waals surface area contributed by atoms with Gasteiger partial charge in [-0.3, -0.25) is 4.79 Å². The first kappa shape index (κ1) is 23.7. The van der Waals surface area contributed by atoms with Crippen LogP contribution in [0.3, 0.4) is 0 Å². The molecule has 0 saturated carbocycles. The van der Waals surface area contributed by atoms with Crippen molar-refractivity contribution < 1.29 is 17.9 Å². The van der Waals surface area contributed by atoms with Gasteiger partial charge in [-0.25, -0.2) is 8.42 Å². The van der Waals surface area contributed by atoms with Crippen LogP contribution in [-0.2, 0) is 32.7 Å². The van der Waals surface area contributed by atoms with E-state index >= 15 is 0 Å². The van der Waals surface area contributed by atoms with Crippen molar-refractivity contribution in [2.45, 2.75) is 50.8 Å². The van der Waals surface area contributed by atoms with E-state index < -0.39 is 10.0 Å². The monoisotopic (exact) mass is 464 g/mol. The normalized spacial score (nSPS) is 17.6. The van der Waals surface area contributed by atoms with Crippen LogP contribution in [0.15, 0.2) is 53.4 Å². The predicted molar refractivity (Wildman–Crippen MR) is 121 cm³/mol. The van der Waals surface area contributed by atoms with Crippen LogP contribution in [0.5, 0.6) is 0 Å². The minimum atomic E-state index is -3.66. The van der Waals surface area contributed by atoms with E-state index in [-0.39, 0.29) is 29.4 Å². The first-order valence-corrected chi connectivity index (χ1v) is 12.3. The number of benzene rings is 2. The third kappa shape index (κ3) is 6.29. The Kier molecular flexibility index (Phi) is 8.11. The third-order valence-electron chi connectivity index (χ3n) is 5.35. The molecule has 1 saturated heterocycles. The van der Waals surface area contributed by atoms with Crippen molar-refractivity contribution in [3.8, 4) is 0 Å². The van der Waals surface area contributed by atoms with Crippen LogP contribution in [0.4, 0.5) is 0 Å². The van der Waals surface area contributed by atoms with Crippen LogP contribution in [0.1, 0.15) is 37.8 Å². The first-order chi connectivity index (χ1) is 14.8. The number of amides is 1. The molecule has 31 heavy (non-hydrogen) atoms. The number of hydrogen-bond donors (Lipinski definition) is 1. The molecule has 1 N–H and O–H groups in total. The van der Waals surface area contributed by atoms with Gasteiger partial charge in [-0.2, -0.15) is 4.31 Å². The molecule has 1 atom stereocenters. The molecule has 1 amide bonds. The number of nitrogens with one attached hydrogen (secondary N) is 1. The molecule has 1 aliphatic heterocycles. The van der Waals surface area contributed by atoms with Crippen molar-refractivity contribution in [2.75, 3.05) is 13.1 Å². The molecule has 168 valence electrons. The Morgan fingerprint density at radius 2 is 1.84 bits per heavy atom. The van der Waals surface area contributed by atoms with Gasteiger partial charge in [0.25, 0.3) is 0 Å². The summed E-state index contributed by atoms with van der Waals surface area (Å²) in [7, 11) is -3.66. The quantitative estimate of drug-likeness (QED) is 0.641. The number of nitrogens with zero attached hydrogens (tertiary/aromatic N) is 1. The summed E-state index contributed by atoms with van der Waals surface area (Å²) < 4.78 is 33.0. The molecule has 0 bridgehead atoms. The zero-order valence-electron chi connectivity index (χ0n) is 17.9. The number of sulfonamides is 1. The predicted octanol–water partition coefficient (Wildman–Crippen LogP) is 3.98. The molecule has 1 aliphatic rings. The fourth-order valence-corrected chi connectivity index (χ4v) is 5.23. The van der Waals surface area contributed by atoms with Crippen molar-refractivity contribution in [3.05, 3.63) is 64.7 Å². The van der Waals surface area contributed by atoms with Crippen molar-refractivity contribution in [3.63, 3.8) is 0 Å². The number of halogens is 1. The van der Waals surface area contributed by atoms with Gasteiger partial charge in [0, 0.05) is 24.7 Å². The number of piperidine rings is 1. The van der Waals surface area contributed by atoms with Gasteiger partial charge in [0.2, 0.25) is 15.9 Å². The molecule has 1 heterocycles. The highest BCUT2D eigenvalue weighted by atomic mass is 35.5. The second-order valence-electron chi connectivity index (χ2n) is 8.00. The van der Waals surface area contributed by atoms with Crippen LogP contribution < -0.4 is 5.32 Å². The van der Waals surface area contributed by atoms with E-state index in [0.29, 0.717) is 37.6 Å². The standard InChI is InChI=1S/C23H29ClN2O4S/c1-17(2)30-16-20-7-4-3-6-18(20)14-25-23(27)19-8-5-13-26(15-19)31(28,29)22-11-9-21(24)10-12-22/h3-4,6-7,9-12,17,19H,5,8,13-16H2,1-2H3,(H,25,27). The van der Waals surface area contributed by atoms with Gasteiger partial charge < -0.3 is 10.1 Å². The average molecular weight is 465 g/mol. The molecule has 0 aromatic heterocycles. The number of carbonyl (C=O) groups excluding carboxylic acids is 1. The molecule has 3 rings (SSSR count). The second kappa shape index (κ2) is 10.6. The molecule has 8 heteroatoms. The highest BCUT2D eigenvalue weighted by molar-refractivity contribution is 7.89. The maximum absolute atomic E-state index is 13.0. The van der Waals surface area contributed by atoms with Crippen LogP contribution in [-0.4, -0.2) is 37.8 Å². The van der Waals surface area contributed by atoms with Crippen LogP contribution in [0.25, 0.3) is 0 Å². The molecule has 6 nitrogen and oxygen atoms in total. The summed E-state index contributed by atoms with van der Waals surface area (Å²) in [5, 5.41) is 3.46. The minimum Gasteiger partial charge on any atom is -0.374 e. The lowest BCUT2D eigenvalue weighted by atomic mass is 9.98. The summed E-state index contributed by atoms with van der Waals surface area (Å²) in [6, 6.07) is 14.0. The van der Waals surface area contributed by atoms with Gasteiger partial charge in [0.15, 0.2) is 0 Å². The van der Waals surface area contributed by atoms with Crippen LogP contribution >= 0.6 is 11.6 Å². The second-order valence-corrected chi connectivity index (χ2v) is 10.4. The maximum atomic E-state index is 13.0. The van der Waals surface area contributed by atoms with Gasteiger partial charge >= 0.3 is 0 Å². The zero-order chi connectivity index (χ0) is 22.4. The number of carbonyl (C=O) groups is 1. The topological polar surface area (TPSA) is 75.7 Å². The van der Waals surface area contributed by atoms with Crippen LogP contribution in [0, 0.1) is 5.92 Å². The minimum absolute atomic E-state index is 0.124. The largest absolute Gasteiger partial charge is 0.374 e. The van der Waals surface area contributed by atoms with Gasteiger partial charge in [-0.15, -0.1) is 0 Å². The fraction of sp³-hybridized carbons (Fsp3) is 0.435. The van der Waals surface area contributed by atoms with E-state index in [0.717, 1.165) is 11.1 Å². The van der Waals surface area contributed by atoms with E-state index in [9.17, 15) is 13.2 Å². The number of rotatable bonds is 8. The number of hydrogen-bond acceptors (Lipinski definition) is 4. The van der Waals surface area contributed by atoms with Gasteiger partial charge in [0.1, 0.15) is 0 Å². The highest BCUT2D eigenvalue weighted by Gasteiger charge is 2.33. The van der Waals surface area contributed by atoms with Crippen molar-refractivity contribution in [1.29, 1.82) is 0 Å². The molecule has 2 aromatic rings. The van der Waals surface area contributed by atoms with Crippen molar-refractivity contribution >= 4 is 27.5 Å². The summed E-state index contributed by atoms with van der Waals surface area (Å²) in [5.41, 5.74) is 2.03. The first-order valence-electron chi connectivity index (χ1n) is 10.5. The lowest BCUT2D eigenvalue weighted by molar-refractivity contribution is -0.126. The summed E-state index contributed by atoms with van der Waals surface area (Å²) in [6.07, 6.45) is 1.43. The summed E-state index contributed by atoms with van der Waals surface area (Å²) >= 11 is 5.87. The van der Waals surface area contributed by atoms with Gasteiger partial charge in [0.05, 0.1) is 23.5 Å². The Labute approximate surface area is 189 Å². The lowest BCUT2D eigenvalue weighted by Crippen LogP contribution is -2.45. The van der Waals surface area contributed by atoms with Crippen molar-refractivity contribution in [1.82, 2.24) is 9.62 Å². The van der Waals surface area contributed by atoms with Crippen molar-refractivity contribution in [2.24, 2.45) is 5.92 Å². The van der Waals surface area contributed by atoms with Crippen LogP contribution in [0.2, 0.25) is 5.02 Å². The Morgan fingerprint density at radius 1 is 1.16 bits per heavy atom. The fourth-order valence-electron chi connectivity index (χ4n) is 3.58. The number of ether oxygens (including phenoxy) is 1. The highest BCUT2D eigenvalue weighted by Crippen LogP contribution is 2.25. The Balaban J connectivity index is 1.62. The molecule has 1 fully saturated rings. The lowest BCUT2D eigenvalue weighted by Gasteiger charge is -2.31. The summed E-state index contributed by atoms with van der Waals surface area (Å²) in [4.78, 5) is 13.0. The Morgan fingerprint density at radius 3 is 2.52 bits per heavy atom. The van der Waals surface area contributed by atoms with E-state index in [4.69, 9.17) is 16.3 Å². The molecule has 0 radical (unpaired) electrons. The summed E-state index contributed by atoms with van der Waals surface area (Å²) in [5.74, 6) is -0.509. The SMILES string of the molecule is CC(C)OCc1ccccc1CNC(=O)C1CCCN(S(=O)(=O)c2ccc(Cl)cc2)C1. The van der Waals surface area contributed by atoms with E-state index in [1.165, 1.54) is 16.4 Å². The molecule has 2 aromatic carbocycles. The van der Waals surface area contributed by atoms with E-state index in [1.807, 2.05) is 38.1 Å². The van der Waals surface area contributed by atoms with E-state index in [2.05, 4.69) is 5.32 Å². The Bertz CT molecular complexity index is 993. The summed E-state index contributed by atoms with van der Waals surface area (Å²) in [6.45, 7) is 5.42. The average Bonchev–Trinajstić information content (AvgIpc) is 2.77. The molecule has 1 unspecified atom stereocenters.